The molecule has 1 nitrogen and oxygen atoms in total. The van der Waals surface area contributed by atoms with E-state index in [0.717, 1.165) is 0 Å². The van der Waals surface area contributed by atoms with E-state index in [9.17, 15) is 0 Å². The summed E-state index contributed by atoms with van der Waals surface area (Å²) in [5.41, 5.74) is 0. The Kier molecular flexibility index (Phi) is 24.0. The summed E-state index contributed by atoms with van der Waals surface area (Å²) in [4.78, 5) is 0. The molecular weight excluding hydrogens is 328 g/mol. The average Bonchev–Trinajstić information content (AvgIpc) is 2.69. The zero-order valence-corrected chi connectivity index (χ0v) is 19.5. The van der Waals surface area contributed by atoms with Crippen molar-refractivity contribution in [1.82, 2.24) is 0 Å². The van der Waals surface area contributed by atoms with E-state index in [2.05, 4.69) is 13.8 Å². The fourth-order valence-electron chi connectivity index (χ4n) is 4.10. The molecule has 0 saturated carbocycles. The topological polar surface area (TPSA) is 9.23 Å². The van der Waals surface area contributed by atoms with Crippen molar-refractivity contribution in [2.75, 3.05) is 7.11 Å². The maximum absolute atomic E-state index is 5.69. The van der Waals surface area contributed by atoms with Gasteiger partial charge in [-0.2, -0.15) is 0 Å². The monoisotopic (exact) mass is 382 g/mol. The molecule has 0 aromatic carbocycles. The molecule has 0 bridgehead atoms. The molecule has 0 fully saturated rings. The highest BCUT2D eigenvalue weighted by Gasteiger charge is 2.06. The second-order valence-electron chi connectivity index (χ2n) is 8.80. The first-order chi connectivity index (χ1) is 13.3. The van der Waals surface area contributed by atoms with Gasteiger partial charge >= 0.3 is 0 Å². The highest BCUT2D eigenvalue weighted by atomic mass is 16.5. The van der Waals surface area contributed by atoms with Crippen molar-refractivity contribution in [3.63, 3.8) is 0 Å². The normalized spacial score (nSPS) is 12.6. The molecule has 0 radical (unpaired) electrons. The average molecular weight is 383 g/mol. The minimum absolute atomic E-state index is 0.522. The molecule has 0 rings (SSSR count). The fraction of sp³-hybridized carbons (Fsp3) is 1.00. The zero-order chi connectivity index (χ0) is 19.8. The first-order valence-electron chi connectivity index (χ1n) is 12.9. The minimum Gasteiger partial charge on any atom is -0.381 e. The van der Waals surface area contributed by atoms with E-state index in [1.807, 2.05) is 7.11 Å². The Labute approximate surface area is 173 Å². The van der Waals surface area contributed by atoms with Crippen molar-refractivity contribution in [1.29, 1.82) is 0 Å². The minimum atomic E-state index is 0.522. The van der Waals surface area contributed by atoms with Crippen molar-refractivity contribution < 1.29 is 4.74 Å². The van der Waals surface area contributed by atoms with E-state index in [4.69, 9.17) is 4.74 Å². The molecule has 164 valence electrons. The molecule has 0 heterocycles. The van der Waals surface area contributed by atoms with E-state index >= 15 is 0 Å². The summed E-state index contributed by atoms with van der Waals surface area (Å²) in [5.74, 6) is 0. The van der Waals surface area contributed by atoms with Crippen LogP contribution in [-0.2, 0) is 4.74 Å². The summed E-state index contributed by atoms with van der Waals surface area (Å²) in [6.45, 7) is 4.59. The lowest BCUT2D eigenvalue weighted by Gasteiger charge is -2.15. The van der Waals surface area contributed by atoms with Gasteiger partial charge in [0.1, 0.15) is 0 Å². The number of rotatable bonds is 23. The Morgan fingerprint density at radius 3 is 0.926 bits per heavy atom. The summed E-state index contributed by atoms with van der Waals surface area (Å²) in [5, 5.41) is 0. The summed E-state index contributed by atoms with van der Waals surface area (Å²) >= 11 is 0. The van der Waals surface area contributed by atoms with E-state index in [1.54, 1.807) is 0 Å². The molecule has 0 aromatic rings. The van der Waals surface area contributed by atoms with Crippen LogP contribution in [0.4, 0.5) is 0 Å². The third-order valence-corrected chi connectivity index (χ3v) is 6.09. The van der Waals surface area contributed by atoms with Crippen LogP contribution in [0.25, 0.3) is 0 Å². The lowest BCUT2D eigenvalue weighted by molar-refractivity contribution is 0.0831. The molecule has 1 unspecified atom stereocenters. The Hall–Kier alpha value is -0.0400. The molecule has 27 heavy (non-hydrogen) atoms. The highest BCUT2D eigenvalue weighted by molar-refractivity contribution is 4.59. The molecule has 0 amide bonds. The van der Waals surface area contributed by atoms with Crippen LogP contribution in [0.1, 0.15) is 155 Å². The van der Waals surface area contributed by atoms with Gasteiger partial charge in [0.25, 0.3) is 0 Å². The van der Waals surface area contributed by atoms with Crippen molar-refractivity contribution in [2.24, 2.45) is 0 Å². The van der Waals surface area contributed by atoms with Gasteiger partial charge in [-0.25, -0.2) is 0 Å². The summed E-state index contributed by atoms with van der Waals surface area (Å²) in [7, 11) is 1.91. The van der Waals surface area contributed by atoms with Crippen molar-refractivity contribution in [3.8, 4) is 0 Å². The zero-order valence-electron chi connectivity index (χ0n) is 19.5. The molecule has 0 aliphatic heterocycles. The van der Waals surface area contributed by atoms with E-state index in [1.165, 1.54) is 141 Å². The third-order valence-electron chi connectivity index (χ3n) is 6.09. The Morgan fingerprint density at radius 2 is 0.667 bits per heavy atom. The van der Waals surface area contributed by atoms with Gasteiger partial charge in [-0.1, -0.05) is 142 Å². The van der Waals surface area contributed by atoms with Crippen LogP contribution in [0.2, 0.25) is 0 Å². The maximum Gasteiger partial charge on any atom is 0.0571 e. The second-order valence-corrected chi connectivity index (χ2v) is 8.80. The van der Waals surface area contributed by atoms with Crippen LogP contribution in [0, 0.1) is 0 Å². The van der Waals surface area contributed by atoms with Gasteiger partial charge in [0, 0.05) is 7.11 Å². The van der Waals surface area contributed by atoms with E-state index < -0.39 is 0 Å². The molecule has 1 heteroatoms. The molecule has 0 aliphatic carbocycles. The smallest absolute Gasteiger partial charge is 0.0571 e. The van der Waals surface area contributed by atoms with Crippen LogP contribution in [0.3, 0.4) is 0 Å². The maximum atomic E-state index is 5.69. The molecular formula is C26H54O. The van der Waals surface area contributed by atoms with Gasteiger partial charge in [0.15, 0.2) is 0 Å². The summed E-state index contributed by atoms with van der Waals surface area (Å²) < 4.78 is 5.69. The number of unbranched alkanes of at least 4 members (excludes halogenated alkanes) is 18. The molecule has 1 atom stereocenters. The quantitative estimate of drug-likeness (QED) is 0.160. The predicted molar refractivity (Wildman–Crippen MR) is 124 cm³/mol. The Balaban J connectivity index is 3.22. The van der Waals surface area contributed by atoms with Crippen LogP contribution in [0.15, 0.2) is 0 Å². The third kappa shape index (κ3) is 22.1. The lowest BCUT2D eigenvalue weighted by atomic mass is 10.0. The van der Waals surface area contributed by atoms with Gasteiger partial charge in [-0.3, -0.25) is 0 Å². The lowest BCUT2D eigenvalue weighted by Crippen LogP contribution is -2.10. The van der Waals surface area contributed by atoms with Crippen LogP contribution < -0.4 is 0 Å². The number of ether oxygens (including phenoxy) is 1. The predicted octanol–water partition coefficient (Wildman–Crippen LogP) is 9.62. The van der Waals surface area contributed by atoms with Crippen LogP contribution in [-0.4, -0.2) is 13.2 Å². The van der Waals surface area contributed by atoms with Gasteiger partial charge in [0.2, 0.25) is 0 Å². The molecule has 0 N–H and O–H groups in total. The Bertz CT molecular complexity index is 251. The van der Waals surface area contributed by atoms with Gasteiger partial charge < -0.3 is 4.74 Å². The van der Waals surface area contributed by atoms with E-state index in [-0.39, 0.29) is 0 Å². The molecule has 0 spiro atoms. The molecule has 0 aliphatic rings. The number of hydrogen-bond acceptors (Lipinski definition) is 1. The largest absolute Gasteiger partial charge is 0.381 e. The van der Waals surface area contributed by atoms with E-state index in [0.29, 0.717) is 6.10 Å². The molecule has 0 aromatic heterocycles. The van der Waals surface area contributed by atoms with Gasteiger partial charge in [0.05, 0.1) is 6.10 Å². The van der Waals surface area contributed by atoms with Crippen molar-refractivity contribution in [3.05, 3.63) is 0 Å². The van der Waals surface area contributed by atoms with Crippen molar-refractivity contribution in [2.45, 2.75) is 161 Å². The summed E-state index contributed by atoms with van der Waals surface area (Å²) in [6, 6.07) is 0. The highest BCUT2D eigenvalue weighted by Crippen LogP contribution is 2.17. The number of hydrogen-bond donors (Lipinski definition) is 0. The fourth-order valence-corrected chi connectivity index (χ4v) is 4.10. The van der Waals surface area contributed by atoms with Gasteiger partial charge in [-0.05, 0) is 12.8 Å². The SMILES string of the molecule is CCCCCCCCCCCCCCCCC(CCCCCCCC)OC. The second kappa shape index (κ2) is 24.0. The van der Waals surface area contributed by atoms with Gasteiger partial charge in [-0.15, -0.1) is 0 Å². The van der Waals surface area contributed by atoms with Crippen molar-refractivity contribution >= 4 is 0 Å². The first kappa shape index (κ1) is 27.0. The van der Waals surface area contributed by atoms with Crippen LogP contribution in [0.5, 0.6) is 0 Å². The summed E-state index contributed by atoms with van der Waals surface area (Å²) in [6.07, 6.45) is 31.6. The standard InChI is InChI=1S/C26H54O/c1-4-6-8-10-12-13-14-15-16-17-18-19-21-23-25-26(27-3)24-22-20-11-9-7-5-2/h26H,4-25H2,1-3H3. The Morgan fingerprint density at radius 1 is 0.407 bits per heavy atom. The first-order valence-corrected chi connectivity index (χ1v) is 12.9. The number of methoxy groups -OCH3 is 1. The van der Waals surface area contributed by atoms with Crippen LogP contribution >= 0.6 is 0 Å². The molecule has 0 saturated heterocycles.